The number of pyridine rings is 1. The second-order valence-corrected chi connectivity index (χ2v) is 20.9. The summed E-state index contributed by atoms with van der Waals surface area (Å²) < 4.78 is 44.1. The molecule has 2 atom stereocenters. The minimum Gasteiger partial charge on any atom is -0.508 e. The Bertz CT molecular complexity index is 2100. The van der Waals surface area contributed by atoms with E-state index in [4.69, 9.17) is 9.47 Å². The summed E-state index contributed by atoms with van der Waals surface area (Å²) in [4.78, 5) is 41.6. The van der Waals surface area contributed by atoms with Crippen molar-refractivity contribution in [2.24, 2.45) is 0 Å². The zero-order valence-corrected chi connectivity index (χ0v) is 33.1. The molecule has 13 heteroatoms. The molecule has 0 aliphatic carbocycles. The van der Waals surface area contributed by atoms with E-state index in [2.05, 4.69) is 68.0 Å². The number of phenols is 1. The molecule has 2 aromatic heterocycles. The predicted octanol–water partition coefficient (Wildman–Crippen LogP) is 8.57. The first-order valence-electron chi connectivity index (χ1n) is 18.9. The molecular formula is C41H49F2N5O5Si. The lowest BCUT2D eigenvalue weighted by Crippen LogP contribution is -2.56. The fourth-order valence-electron chi connectivity index (χ4n) is 8.71. The molecule has 2 fully saturated rings. The van der Waals surface area contributed by atoms with Crippen LogP contribution in [0.25, 0.3) is 32.9 Å². The van der Waals surface area contributed by atoms with Crippen molar-refractivity contribution in [2.45, 2.75) is 103 Å². The molecule has 54 heavy (non-hydrogen) atoms. The normalized spacial score (nSPS) is 17.1. The Morgan fingerprint density at radius 3 is 2.37 bits per heavy atom. The van der Waals surface area contributed by atoms with Crippen molar-refractivity contribution >= 4 is 47.9 Å². The van der Waals surface area contributed by atoms with E-state index in [0.717, 1.165) is 25.7 Å². The molecule has 286 valence electrons. The molecule has 2 aliphatic rings. The van der Waals surface area contributed by atoms with E-state index in [1.807, 2.05) is 11.8 Å². The molecule has 2 aliphatic heterocycles. The summed E-state index contributed by atoms with van der Waals surface area (Å²) in [6.07, 6.45) is 4.95. The molecule has 0 saturated carbocycles. The van der Waals surface area contributed by atoms with Gasteiger partial charge in [-0.2, -0.15) is 9.97 Å². The lowest BCUT2D eigenvalue weighted by molar-refractivity contribution is -0.109. The molecule has 4 heterocycles. The van der Waals surface area contributed by atoms with Crippen molar-refractivity contribution in [3.63, 3.8) is 0 Å². The topological polar surface area (TPSA) is 118 Å². The largest absolute Gasteiger partial charge is 0.508 e. The fourth-order valence-corrected chi connectivity index (χ4v) is 13.9. The summed E-state index contributed by atoms with van der Waals surface area (Å²) in [7, 11) is -2.30. The van der Waals surface area contributed by atoms with Gasteiger partial charge in [-0.15, -0.1) is 5.54 Å². The van der Waals surface area contributed by atoms with Crippen molar-refractivity contribution in [3.8, 4) is 34.5 Å². The molecule has 0 spiro atoms. The maximum absolute atomic E-state index is 17.1. The minimum absolute atomic E-state index is 0.113. The zero-order valence-electron chi connectivity index (χ0n) is 32.1. The highest BCUT2D eigenvalue weighted by atomic mass is 28.3. The highest BCUT2D eigenvalue weighted by Crippen LogP contribution is 2.43. The van der Waals surface area contributed by atoms with E-state index in [9.17, 15) is 14.7 Å². The second-order valence-electron chi connectivity index (χ2n) is 15.3. The summed E-state index contributed by atoms with van der Waals surface area (Å²) in [5, 5.41) is 12.0. The van der Waals surface area contributed by atoms with Gasteiger partial charge in [0.1, 0.15) is 43.3 Å². The number of aldehydes is 1. The van der Waals surface area contributed by atoms with Crippen molar-refractivity contribution in [3.05, 3.63) is 47.7 Å². The summed E-state index contributed by atoms with van der Waals surface area (Å²) in [5.74, 6) is 2.04. The van der Waals surface area contributed by atoms with Crippen LogP contribution in [0.1, 0.15) is 79.7 Å². The fraction of sp³-hybridized carbons (Fsp3) is 0.488. The van der Waals surface area contributed by atoms with E-state index in [-0.39, 0.29) is 58.9 Å². The Morgan fingerprint density at radius 1 is 1.06 bits per heavy atom. The van der Waals surface area contributed by atoms with Gasteiger partial charge in [-0.3, -0.25) is 14.7 Å². The maximum Gasteiger partial charge on any atom is 0.410 e. The van der Waals surface area contributed by atoms with Gasteiger partial charge >= 0.3 is 12.1 Å². The number of benzene rings is 2. The molecule has 6 rings (SSSR count). The molecule has 2 unspecified atom stereocenters. The van der Waals surface area contributed by atoms with Crippen LogP contribution in [-0.2, 0) is 9.53 Å². The van der Waals surface area contributed by atoms with Gasteiger partial charge in [0.2, 0.25) is 0 Å². The third kappa shape index (κ3) is 7.08. The van der Waals surface area contributed by atoms with Crippen LogP contribution in [0.4, 0.5) is 19.4 Å². The number of nitrogens with zero attached hydrogens (tertiary/aromatic N) is 5. The molecule has 2 saturated heterocycles. The number of amides is 1. The number of anilines is 1. The van der Waals surface area contributed by atoms with Crippen LogP contribution in [0.15, 0.2) is 30.5 Å². The Labute approximate surface area is 316 Å². The van der Waals surface area contributed by atoms with Gasteiger partial charge in [0.05, 0.1) is 29.6 Å². The van der Waals surface area contributed by atoms with Crippen LogP contribution in [0.3, 0.4) is 0 Å². The third-order valence-corrected chi connectivity index (χ3v) is 17.5. The Balaban J connectivity index is 1.49. The first-order chi connectivity index (χ1) is 25.8. The van der Waals surface area contributed by atoms with Gasteiger partial charge in [-0.05, 0) is 59.5 Å². The standard InChI is InChI=1S/C41H49F2N5O5Si/c1-8-9-16-53-41(51)48-28-11-12-29(48)23-47(22-28)39-33-21-44-37(36(43)38(33)45-40(46-39)52-17-15-49)32-20-30(50)19-27-10-13-34(42)31(35(27)32)14-18-54(24(2)3,25(4)5)26(6)7/h10,13,15,19-21,24-26,28-29,50H,8-9,11-12,16-17,22-23H2,1-7H3. The van der Waals surface area contributed by atoms with Crippen LogP contribution in [0, 0.1) is 23.1 Å². The van der Waals surface area contributed by atoms with E-state index in [1.54, 1.807) is 4.90 Å². The number of carbonyl (C=O) groups excluding carboxylic acids is 2. The number of unbranched alkanes of at least 4 members (excludes halogenated alkanes) is 1. The SMILES string of the molecule is CCCCOC(=O)N1C2CCC1CN(c1nc(OCC=O)nc3c(F)c(-c4cc(O)cc5ccc(F)c(C#C[Si](C(C)C)(C(C)C)C(C)C)c45)ncc13)C2. The Kier molecular flexibility index (Phi) is 11.4. The lowest BCUT2D eigenvalue weighted by Gasteiger charge is -2.41. The van der Waals surface area contributed by atoms with Crippen LogP contribution >= 0.6 is 0 Å². The van der Waals surface area contributed by atoms with Crippen molar-refractivity contribution in [2.75, 3.05) is 31.2 Å². The van der Waals surface area contributed by atoms with Crippen molar-refractivity contribution in [1.82, 2.24) is 19.9 Å². The second kappa shape index (κ2) is 15.9. The third-order valence-electron chi connectivity index (χ3n) is 11.2. The first-order valence-corrected chi connectivity index (χ1v) is 21.2. The Morgan fingerprint density at radius 2 is 1.74 bits per heavy atom. The quantitative estimate of drug-likeness (QED) is 0.0695. The number of halogens is 2. The number of carbonyl (C=O) groups is 2. The van der Waals surface area contributed by atoms with E-state index >= 15 is 8.78 Å². The lowest BCUT2D eigenvalue weighted by atomic mass is 9.96. The summed E-state index contributed by atoms with van der Waals surface area (Å²) in [6.45, 7) is 15.9. The molecule has 2 bridgehead atoms. The first kappa shape index (κ1) is 38.9. The molecule has 1 amide bonds. The molecule has 10 nitrogen and oxygen atoms in total. The van der Waals surface area contributed by atoms with Crippen LogP contribution in [-0.4, -0.2) is 83.8 Å². The average Bonchev–Trinajstić information content (AvgIpc) is 3.40. The monoisotopic (exact) mass is 757 g/mol. The molecule has 2 aromatic carbocycles. The van der Waals surface area contributed by atoms with Gasteiger partial charge in [0, 0.05) is 30.2 Å². The highest BCUT2D eigenvalue weighted by Gasteiger charge is 2.45. The number of phenolic OH excluding ortho intramolecular Hbond substituents is 1. The maximum atomic E-state index is 17.1. The number of fused-ring (bicyclic) bond motifs is 4. The minimum atomic E-state index is -2.30. The summed E-state index contributed by atoms with van der Waals surface area (Å²) >= 11 is 0. The van der Waals surface area contributed by atoms with E-state index < -0.39 is 19.7 Å². The number of aromatic hydroxyl groups is 1. The van der Waals surface area contributed by atoms with Gasteiger partial charge in [-0.25, -0.2) is 13.6 Å². The van der Waals surface area contributed by atoms with Crippen LogP contribution < -0.4 is 9.64 Å². The molecule has 0 radical (unpaired) electrons. The molecule has 1 N–H and O–H groups in total. The van der Waals surface area contributed by atoms with Gasteiger partial charge < -0.3 is 19.5 Å². The number of hydrogen-bond acceptors (Lipinski definition) is 9. The van der Waals surface area contributed by atoms with E-state index in [0.29, 0.717) is 64.6 Å². The van der Waals surface area contributed by atoms with Crippen LogP contribution in [0.2, 0.25) is 16.6 Å². The van der Waals surface area contributed by atoms with Gasteiger partial charge in [0.15, 0.2) is 12.1 Å². The molecular weight excluding hydrogens is 709 g/mol. The average molecular weight is 758 g/mol. The number of ether oxygens (including phenoxy) is 2. The number of rotatable bonds is 11. The molecule has 4 aromatic rings. The highest BCUT2D eigenvalue weighted by molar-refractivity contribution is 6.90. The number of aromatic nitrogens is 3. The van der Waals surface area contributed by atoms with Gasteiger partial charge in [0.25, 0.3) is 0 Å². The van der Waals surface area contributed by atoms with Crippen molar-refractivity contribution in [1.29, 1.82) is 0 Å². The smallest absolute Gasteiger partial charge is 0.410 e. The number of piperazine rings is 1. The predicted molar refractivity (Wildman–Crippen MR) is 208 cm³/mol. The summed E-state index contributed by atoms with van der Waals surface area (Å²) in [6, 6.07) is 5.23. The zero-order chi connectivity index (χ0) is 38.9. The van der Waals surface area contributed by atoms with Gasteiger partial charge in [-0.1, -0.05) is 66.9 Å². The number of hydrogen-bond donors (Lipinski definition) is 1. The van der Waals surface area contributed by atoms with E-state index in [1.165, 1.54) is 30.5 Å². The van der Waals surface area contributed by atoms with Crippen LogP contribution in [0.5, 0.6) is 11.8 Å². The summed E-state index contributed by atoms with van der Waals surface area (Å²) in [5.41, 5.74) is 4.48. The van der Waals surface area contributed by atoms with Crippen molar-refractivity contribution < 1.29 is 33.0 Å². The Hall–Kier alpha value is -4.83.